The maximum absolute atomic E-state index is 13.2. The number of amides is 1. The van der Waals surface area contributed by atoms with Gasteiger partial charge in [0.2, 0.25) is 5.91 Å². The molecule has 1 amide bonds. The first kappa shape index (κ1) is 24.3. The van der Waals surface area contributed by atoms with Gasteiger partial charge in [0.25, 0.3) is 0 Å². The van der Waals surface area contributed by atoms with E-state index in [0.29, 0.717) is 31.7 Å². The molecule has 1 saturated heterocycles. The maximum Gasteiger partial charge on any atom is 0.416 e. The van der Waals surface area contributed by atoms with E-state index in [-0.39, 0.29) is 38.1 Å². The fourth-order valence-corrected chi connectivity index (χ4v) is 3.22. The molecule has 1 aromatic rings. The first-order valence-corrected chi connectivity index (χ1v) is 10.2. The van der Waals surface area contributed by atoms with Gasteiger partial charge in [0.05, 0.1) is 36.3 Å². The van der Waals surface area contributed by atoms with Crippen LogP contribution in [0.15, 0.2) is 34.7 Å². The standard InChI is InChI=1S/C20H24F3N7O3/c21-20(22,23)16-12-33-14-28-27-11-17(16)25-3-8-32-13-19(31)30-6-4-29(5-7-30)18-2-1-15(9-24)10-26-18/h1-2,10-11,25,28H,3-8,12-14H2. The number of nitrogens with zero attached hydrogens (tertiary/aromatic N) is 5. The Morgan fingerprint density at radius 1 is 1.30 bits per heavy atom. The second-order valence-electron chi connectivity index (χ2n) is 7.16. The average Bonchev–Trinajstić information content (AvgIpc) is 2.79. The van der Waals surface area contributed by atoms with Crippen molar-refractivity contribution >= 4 is 17.9 Å². The van der Waals surface area contributed by atoms with Crippen LogP contribution in [0.2, 0.25) is 0 Å². The number of pyridine rings is 1. The molecular formula is C20H24F3N7O3. The highest BCUT2D eigenvalue weighted by atomic mass is 19.4. The van der Waals surface area contributed by atoms with Crippen LogP contribution in [0.25, 0.3) is 0 Å². The Hall–Kier alpha value is -3.37. The molecular weight excluding hydrogens is 443 g/mol. The monoisotopic (exact) mass is 467 g/mol. The Bertz CT molecular complexity index is 905. The summed E-state index contributed by atoms with van der Waals surface area (Å²) in [5.74, 6) is 0.553. The topological polar surface area (TPSA) is 115 Å². The van der Waals surface area contributed by atoms with Crippen LogP contribution in [0.5, 0.6) is 0 Å². The zero-order chi connectivity index (χ0) is 23.7. The van der Waals surface area contributed by atoms with Gasteiger partial charge in [0.1, 0.15) is 25.2 Å². The zero-order valence-corrected chi connectivity index (χ0v) is 17.8. The predicted molar refractivity (Wildman–Crippen MR) is 112 cm³/mol. The van der Waals surface area contributed by atoms with Gasteiger partial charge in [-0.2, -0.15) is 23.5 Å². The Morgan fingerprint density at radius 3 is 2.76 bits per heavy atom. The summed E-state index contributed by atoms with van der Waals surface area (Å²) in [6.45, 7) is 1.39. The zero-order valence-electron chi connectivity index (χ0n) is 17.8. The summed E-state index contributed by atoms with van der Waals surface area (Å²) in [5.41, 5.74) is 1.87. The van der Waals surface area contributed by atoms with Crippen LogP contribution < -0.4 is 15.6 Å². The fourth-order valence-electron chi connectivity index (χ4n) is 3.22. The van der Waals surface area contributed by atoms with Crippen molar-refractivity contribution in [2.24, 2.45) is 5.10 Å². The number of piperazine rings is 1. The summed E-state index contributed by atoms with van der Waals surface area (Å²) in [7, 11) is 0. The van der Waals surface area contributed by atoms with Crippen molar-refractivity contribution in [2.45, 2.75) is 6.18 Å². The maximum atomic E-state index is 13.2. The molecule has 2 N–H and O–H groups in total. The smallest absolute Gasteiger partial charge is 0.381 e. The van der Waals surface area contributed by atoms with Crippen molar-refractivity contribution < 1.29 is 27.4 Å². The van der Waals surface area contributed by atoms with Gasteiger partial charge < -0.3 is 24.6 Å². The van der Waals surface area contributed by atoms with Gasteiger partial charge in [-0.25, -0.2) is 4.98 Å². The van der Waals surface area contributed by atoms with E-state index in [1.165, 1.54) is 6.20 Å². The molecule has 0 atom stereocenters. The second-order valence-corrected chi connectivity index (χ2v) is 7.16. The van der Waals surface area contributed by atoms with Crippen molar-refractivity contribution in [3.8, 4) is 6.07 Å². The Morgan fingerprint density at radius 2 is 2.09 bits per heavy atom. The number of hydrogen-bond donors (Lipinski definition) is 2. The highest BCUT2D eigenvalue weighted by Gasteiger charge is 2.36. The third-order valence-electron chi connectivity index (χ3n) is 4.99. The Balaban J connectivity index is 1.39. The van der Waals surface area contributed by atoms with Gasteiger partial charge in [-0.3, -0.25) is 10.2 Å². The number of nitriles is 1. The van der Waals surface area contributed by atoms with Crippen molar-refractivity contribution in [1.29, 1.82) is 5.26 Å². The minimum absolute atomic E-state index is 0.0393. The molecule has 0 unspecified atom stereocenters. The van der Waals surface area contributed by atoms with E-state index in [1.807, 2.05) is 11.0 Å². The molecule has 178 valence electrons. The number of rotatable bonds is 7. The van der Waals surface area contributed by atoms with E-state index in [4.69, 9.17) is 14.7 Å². The first-order chi connectivity index (χ1) is 15.9. The van der Waals surface area contributed by atoms with Crippen LogP contribution in [-0.4, -0.2) is 87.5 Å². The van der Waals surface area contributed by atoms with Gasteiger partial charge in [-0.15, -0.1) is 0 Å². The van der Waals surface area contributed by atoms with Crippen LogP contribution in [0.4, 0.5) is 19.0 Å². The molecule has 3 heterocycles. The van der Waals surface area contributed by atoms with Crippen molar-refractivity contribution in [1.82, 2.24) is 20.6 Å². The molecule has 0 radical (unpaired) electrons. The third kappa shape index (κ3) is 7.06. The number of halogens is 3. The van der Waals surface area contributed by atoms with Gasteiger partial charge in [-0.1, -0.05) is 0 Å². The highest BCUT2D eigenvalue weighted by Crippen LogP contribution is 2.27. The number of carbonyl (C=O) groups is 1. The van der Waals surface area contributed by atoms with E-state index in [0.717, 1.165) is 12.0 Å². The Labute approximate surface area is 188 Å². The molecule has 10 nitrogen and oxygen atoms in total. The van der Waals surface area contributed by atoms with Crippen LogP contribution in [-0.2, 0) is 14.3 Å². The van der Waals surface area contributed by atoms with Crippen LogP contribution in [0, 0.1) is 11.3 Å². The van der Waals surface area contributed by atoms with Crippen molar-refractivity contribution in [2.75, 3.05) is 64.2 Å². The lowest BCUT2D eigenvalue weighted by atomic mass is 10.2. The average molecular weight is 467 g/mol. The lowest BCUT2D eigenvalue weighted by Gasteiger charge is -2.35. The molecule has 0 spiro atoms. The van der Waals surface area contributed by atoms with E-state index in [9.17, 15) is 18.0 Å². The number of alkyl halides is 3. The molecule has 13 heteroatoms. The van der Waals surface area contributed by atoms with Crippen molar-refractivity contribution in [3.63, 3.8) is 0 Å². The van der Waals surface area contributed by atoms with Gasteiger partial charge >= 0.3 is 6.18 Å². The van der Waals surface area contributed by atoms with Crippen LogP contribution in [0.3, 0.4) is 0 Å². The van der Waals surface area contributed by atoms with Gasteiger partial charge in [0, 0.05) is 38.9 Å². The molecule has 0 aliphatic carbocycles. The number of hydrogen-bond acceptors (Lipinski definition) is 9. The summed E-state index contributed by atoms with van der Waals surface area (Å²) in [6, 6.07) is 5.49. The fraction of sp³-hybridized carbons (Fsp3) is 0.500. The predicted octanol–water partition coefficient (Wildman–Crippen LogP) is 0.588. The van der Waals surface area contributed by atoms with E-state index in [1.54, 1.807) is 17.0 Å². The molecule has 2 aliphatic heterocycles. The van der Waals surface area contributed by atoms with Gasteiger partial charge in [-0.05, 0) is 12.1 Å². The molecule has 0 aromatic carbocycles. The molecule has 0 saturated carbocycles. The molecule has 1 fully saturated rings. The second kappa shape index (κ2) is 11.5. The summed E-state index contributed by atoms with van der Waals surface area (Å²) < 4.78 is 49.8. The van der Waals surface area contributed by atoms with Crippen molar-refractivity contribution in [3.05, 3.63) is 35.2 Å². The molecule has 3 rings (SSSR count). The number of ether oxygens (including phenoxy) is 2. The van der Waals surface area contributed by atoms with E-state index >= 15 is 0 Å². The summed E-state index contributed by atoms with van der Waals surface area (Å²) >= 11 is 0. The van der Waals surface area contributed by atoms with Gasteiger partial charge in [0.15, 0.2) is 0 Å². The van der Waals surface area contributed by atoms with E-state index in [2.05, 4.69) is 20.8 Å². The minimum Gasteiger partial charge on any atom is -0.381 e. The van der Waals surface area contributed by atoms with Crippen LogP contribution in [0.1, 0.15) is 5.56 Å². The van der Waals surface area contributed by atoms with Crippen LogP contribution >= 0.6 is 0 Å². The molecule has 2 aliphatic rings. The number of allylic oxidation sites excluding steroid dienone is 1. The highest BCUT2D eigenvalue weighted by molar-refractivity contribution is 5.79. The normalized spacial score (nSPS) is 17.2. The molecule has 0 bridgehead atoms. The quantitative estimate of drug-likeness (QED) is 0.560. The summed E-state index contributed by atoms with van der Waals surface area (Å²) in [5, 5.41) is 15.1. The summed E-state index contributed by atoms with van der Waals surface area (Å²) in [4.78, 5) is 20.3. The SMILES string of the molecule is N#Cc1ccc(N2CCN(C(=O)COCCNC3=C(C(F)(F)F)COCNN=C3)CC2)nc1. The Kier molecular flexibility index (Phi) is 8.45. The summed E-state index contributed by atoms with van der Waals surface area (Å²) in [6.07, 6.45) is -1.99. The number of hydrazone groups is 1. The molecule has 1 aromatic heterocycles. The number of carbonyl (C=O) groups excluding carboxylic acids is 1. The largest absolute Gasteiger partial charge is 0.416 e. The number of nitrogens with one attached hydrogen (secondary N) is 2. The minimum atomic E-state index is -4.56. The number of anilines is 1. The lowest BCUT2D eigenvalue weighted by Crippen LogP contribution is -2.50. The number of aromatic nitrogens is 1. The molecule has 33 heavy (non-hydrogen) atoms. The third-order valence-corrected chi connectivity index (χ3v) is 4.99. The lowest BCUT2D eigenvalue weighted by molar-refractivity contribution is -0.136. The van der Waals surface area contributed by atoms with E-state index < -0.39 is 18.4 Å². The first-order valence-electron chi connectivity index (χ1n) is 10.2.